The molecule has 0 aliphatic heterocycles. The van der Waals surface area contributed by atoms with E-state index in [4.69, 9.17) is 9.47 Å². The number of hydrogen-bond donors (Lipinski definition) is 1. The molecule has 0 aliphatic rings. The first-order valence-electron chi connectivity index (χ1n) is 9.02. The number of thiazole rings is 1. The lowest BCUT2D eigenvalue weighted by Gasteiger charge is -2.23. The van der Waals surface area contributed by atoms with Gasteiger partial charge < -0.3 is 9.47 Å². The van der Waals surface area contributed by atoms with Crippen LogP contribution in [0.15, 0.2) is 40.9 Å². The molecule has 5 nitrogen and oxygen atoms in total. The predicted molar refractivity (Wildman–Crippen MR) is 118 cm³/mol. The monoisotopic (exact) mass is 462 g/mol. The Balaban J connectivity index is 1.67. The molecule has 0 unspecified atom stereocenters. The summed E-state index contributed by atoms with van der Waals surface area (Å²) in [4.78, 5) is 16.8. The number of anilines is 1. The lowest BCUT2D eigenvalue weighted by atomic mass is 9.86. The number of halogens is 1. The number of hydrogen-bond acceptors (Lipinski definition) is 5. The van der Waals surface area contributed by atoms with Gasteiger partial charge in [-0.25, -0.2) is 4.98 Å². The van der Waals surface area contributed by atoms with Crippen molar-refractivity contribution in [1.29, 1.82) is 0 Å². The summed E-state index contributed by atoms with van der Waals surface area (Å²) in [5.41, 5.74) is 1.77. The molecule has 1 amide bonds. The second kappa shape index (κ2) is 8.49. The molecule has 28 heavy (non-hydrogen) atoms. The normalized spacial score (nSPS) is 11.5. The van der Waals surface area contributed by atoms with E-state index in [1.165, 1.54) is 11.3 Å². The molecule has 7 heteroatoms. The fourth-order valence-corrected chi connectivity index (χ4v) is 4.00. The van der Waals surface area contributed by atoms with Gasteiger partial charge in [0.15, 0.2) is 11.7 Å². The van der Waals surface area contributed by atoms with E-state index in [1.54, 1.807) is 0 Å². The summed E-state index contributed by atoms with van der Waals surface area (Å²) in [5, 5.41) is 3.36. The van der Waals surface area contributed by atoms with Crippen molar-refractivity contribution in [2.24, 2.45) is 0 Å². The largest absolute Gasteiger partial charge is 0.494 e. The minimum atomic E-state index is -0.244. The van der Waals surface area contributed by atoms with Crippen LogP contribution in [0.5, 0.6) is 11.5 Å². The van der Waals surface area contributed by atoms with Crippen LogP contribution in [-0.4, -0.2) is 24.1 Å². The quantitative estimate of drug-likeness (QED) is 0.504. The predicted octanol–water partition coefficient (Wildman–Crippen LogP) is 5.77. The average molecular weight is 463 g/mol. The van der Waals surface area contributed by atoms with Gasteiger partial charge in [-0.3, -0.25) is 10.1 Å². The van der Waals surface area contributed by atoms with Gasteiger partial charge in [-0.15, -0.1) is 0 Å². The van der Waals surface area contributed by atoms with Crippen LogP contribution in [0.25, 0.3) is 10.2 Å². The third-order valence-corrected chi connectivity index (χ3v) is 5.45. The van der Waals surface area contributed by atoms with Gasteiger partial charge >= 0.3 is 0 Å². The number of carbonyl (C=O) groups is 1. The van der Waals surface area contributed by atoms with Crippen molar-refractivity contribution in [2.75, 3.05) is 18.5 Å². The summed E-state index contributed by atoms with van der Waals surface area (Å²) in [6, 6.07) is 11.5. The summed E-state index contributed by atoms with van der Waals surface area (Å²) < 4.78 is 13.3. The fraction of sp³-hybridized carbons (Fsp3) is 0.333. The highest BCUT2D eigenvalue weighted by Crippen LogP contribution is 2.34. The van der Waals surface area contributed by atoms with E-state index in [0.717, 1.165) is 26.0 Å². The van der Waals surface area contributed by atoms with Gasteiger partial charge in [-0.05, 0) is 48.7 Å². The van der Waals surface area contributed by atoms with Gasteiger partial charge in [-0.1, -0.05) is 48.0 Å². The van der Waals surface area contributed by atoms with Gasteiger partial charge in [0.05, 0.1) is 16.8 Å². The maximum atomic E-state index is 12.4. The second-order valence-electron chi connectivity index (χ2n) is 7.31. The van der Waals surface area contributed by atoms with E-state index in [9.17, 15) is 4.79 Å². The van der Waals surface area contributed by atoms with E-state index in [-0.39, 0.29) is 17.9 Å². The molecular formula is C21H23BrN2O3S. The molecule has 0 bridgehead atoms. The number of nitrogens with one attached hydrogen (secondary N) is 1. The van der Waals surface area contributed by atoms with Crippen LogP contribution in [0.3, 0.4) is 0 Å². The van der Waals surface area contributed by atoms with Gasteiger partial charge in [0.2, 0.25) is 0 Å². The summed E-state index contributed by atoms with van der Waals surface area (Å²) in [6.45, 7) is 8.81. The molecule has 1 aromatic heterocycles. The van der Waals surface area contributed by atoms with Crippen molar-refractivity contribution >= 4 is 48.5 Å². The van der Waals surface area contributed by atoms with Crippen LogP contribution in [0.4, 0.5) is 5.13 Å². The zero-order valence-corrected chi connectivity index (χ0v) is 18.7. The molecule has 0 saturated heterocycles. The molecule has 0 aliphatic carbocycles. The standard InChI is InChI=1S/C21H23BrN2O3S/c1-5-26-14-7-8-16-18(11-14)28-20(23-16)24-19(25)12-27-17-9-6-13(22)10-15(17)21(2,3)4/h6-11H,5,12H2,1-4H3,(H,23,24,25). The average Bonchev–Trinajstić information content (AvgIpc) is 3.01. The van der Waals surface area contributed by atoms with Crippen molar-refractivity contribution < 1.29 is 14.3 Å². The highest BCUT2D eigenvalue weighted by molar-refractivity contribution is 9.10. The molecule has 1 heterocycles. The molecule has 0 radical (unpaired) electrons. The first kappa shape index (κ1) is 20.6. The lowest BCUT2D eigenvalue weighted by Crippen LogP contribution is -2.21. The Morgan fingerprint density at radius 3 is 2.68 bits per heavy atom. The first-order valence-corrected chi connectivity index (χ1v) is 10.6. The number of carbonyl (C=O) groups excluding carboxylic acids is 1. The van der Waals surface area contributed by atoms with E-state index < -0.39 is 0 Å². The number of fused-ring (bicyclic) bond motifs is 1. The third kappa shape index (κ3) is 5.02. The Hall–Kier alpha value is -2.12. The van der Waals surface area contributed by atoms with Crippen molar-refractivity contribution in [3.8, 4) is 11.5 Å². The van der Waals surface area contributed by atoms with Crippen molar-refractivity contribution in [3.05, 3.63) is 46.4 Å². The second-order valence-corrected chi connectivity index (χ2v) is 9.26. The van der Waals surface area contributed by atoms with Crippen molar-refractivity contribution in [2.45, 2.75) is 33.1 Å². The minimum Gasteiger partial charge on any atom is -0.494 e. The third-order valence-electron chi connectivity index (χ3n) is 4.03. The molecule has 3 aromatic rings. The van der Waals surface area contributed by atoms with Crippen LogP contribution in [0.2, 0.25) is 0 Å². The smallest absolute Gasteiger partial charge is 0.264 e. The molecule has 2 aromatic carbocycles. The summed E-state index contributed by atoms with van der Waals surface area (Å²) in [5.74, 6) is 1.26. The molecular weight excluding hydrogens is 440 g/mol. The number of aromatic nitrogens is 1. The molecule has 1 N–H and O–H groups in total. The van der Waals surface area contributed by atoms with Crippen LogP contribution in [0, 0.1) is 0 Å². The van der Waals surface area contributed by atoms with E-state index >= 15 is 0 Å². The number of nitrogens with zero attached hydrogens (tertiary/aromatic N) is 1. The van der Waals surface area contributed by atoms with E-state index in [2.05, 4.69) is 47.0 Å². The zero-order chi connectivity index (χ0) is 20.3. The maximum Gasteiger partial charge on any atom is 0.264 e. The first-order chi connectivity index (χ1) is 13.3. The number of rotatable bonds is 6. The minimum absolute atomic E-state index is 0.0785. The van der Waals surface area contributed by atoms with Crippen LogP contribution in [-0.2, 0) is 10.2 Å². The van der Waals surface area contributed by atoms with Gasteiger partial charge in [0.25, 0.3) is 5.91 Å². The molecule has 0 saturated carbocycles. The SMILES string of the molecule is CCOc1ccc2nc(NC(=O)COc3ccc(Br)cc3C(C)(C)C)sc2c1. The topological polar surface area (TPSA) is 60.5 Å². The Morgan fingerprint density at radius 1 is 1.18 bits per heavy atom. The van der Waals surface area contributed by atoms with Crippen LogP contribution >= 0.6 is 27.3 Å². The zero-order valence-electron chi connectivity index (χ0n) is 16.3. The number of ether oxygens (including phenoxy) is 2. The highest BCUT2D eigenvalue weighted by atomic mass is 79.9. The Kier molecular flexibility index (Phi) is 6.25. The Morgan fingerprint density at radius 2 is 1.96 bits per heavy atom. The van der Waals surface area contributed by atoms with Gasteiger partial charge in [-0.2, -0.15) is 0 Å². The van der Waals surface area contributed by atoms with Crippen LogP contribution in [0.1, 0.15) is 33.3 Å². The Bertz CT molecular complexity index is 995. The summed E-state index contributed by atoms with van der Waals surface area (Å²) in [7, 11) is 0. The molecule has 0 atom stereocenters. The maximum absolute atomic E-state index is 12.4. The molecule has 148 valence electrons. The summed E-state index contributed by atoms with van der Waals surface area (Å²) >= 11 is 4.91. The van der Waals surface area contributed by atoms with Crippen LogP contribution < -0.4 is 14.8 Å². The molecule has 0 spiro atoms. The highest BCUT2D eigenvalue weighted by Gasteiger charge is 2.20. The molecule has 3 rings (SSSR count). The summed E-state index contributed by atoms with van der Waals surface area (Å²) in [6.07, 6.45) is 0. The number of benzene rings is 2. The Labute approximate surface area is 177 Å². The molecule has 0 fully saturated rings. The van der Waals surface area contributed by atoms with Gasteiger partial charge in [0, 0.05) is 10.0 Å². The number of amides is 1. The lowest BCUT2D eigenvalue weighted by molar-refractivity contribution is -0.118. The van der Waals surface area contributed by atoms with E-state index in [1.807, 2.05) is 43.3 Å². The van der Waals surface area contributed by atoms with E-state index in [0.29, 0.717) is 17.5 Å². The fourth-order valence-electron chi connectivity index (χ4n) is 2.73. The van der Waals surface area contributed by atoms with Gasteiger partial charge in [0.1, 0.15) is 11.5 Å². The van der Waals surface area contributed by atoms with Crippen molar-refractivity contribution in [1.82, 2.24) is 4.98 Å². The van der Waals surface area contributed by atoms with Crippen molar-refractivity contribution in [3.63, 3.8) is 0 Å².